The molecule has 0 amide bonds. The van der Waals surface area contributed by atoms with E-state index in [4.69, 9.17) is 0 Å². The summed E-state index contributed by atoms with van der Waals surface area (Å²) in [6.07, 6.45) is 7.80. The van der Waals surface area contributed by atoms with E-state index >= 15 is 0 Å². The Balaban J connectivity index is 2.71. The van der Waals surface area contributed by atoms with Gasteiger partial charge in [-0.2, -0.15) is 0 Å². The van der Waals surface area contributed by atoms with E-state index < -0.39 is 0 Å². The highest BCUT2D eigenvalue weighted by atomic mass is 15.2. The SMILES string of the molecule is CCCC1CN(C(CC)(CC)CC)CCCN1. The maximum atomic E-state index is 3.72. The first-order chi connectivity index (χ1) is 8.22. The highest BCUT2D eigenvalue weighted by Crippen LogP contribution is 2.29. The standard InChI is InChI=1S/C15H32N2/c1-5-10-14-13-17(12-9-11-16-14)15(6-2,7-3)8-4/h14,16H,5-13H2,1-4H3. The molecule has 0 aromatic heterocycles. The highest BCUT2D eigenvalue weighted by molar-refractivity contribution is 4.91. The summed E-state index contributed by atoms with van der Waals surface area (Å²) in [6, 6.07) is 0.714. The van der Waals surface area contributed by atoms with E-state index in [2.05, 4.69) is 37.9 Å². The van der Waals surface area contributed by atoms with Gasteiger partial charge in [0.15, 0.2) is 0 Å². The molecule has 1 unspecified atom stereocenters. The normalized spacial score (nSPS) is 23.6. The van der Waals surface area contributed by atoms with Gasteiger partial charge in [0.1, 0.15) is 0 Å². The van der Waals surface area contributed by atoms with Gasteiger partial charge in [0.05, 0.1) is 0 Å². The van der Waals surface area contributed by atoms with Crippen molar-refractivity contribution in [2.45, 2.75) is 77.8 Å². The van der Waals surface area contributed by atoms with Crippen molar-refractivity contribution >= 4 is 0 Å². The van der Waals surface area contributed by atoms with Crippen LogP contribution in [0.4, 0.5) is 0 Å². The molecule has 1 atom stereocenters. The summed E-state index contributed by atoms with van der Waals surface area (Å²) in [5.74, 6) is 0. The summed E-state index contributed by atoms with van der Waals surface area (Å²) in [5, 5.41) is 3.72. The second-order valence-electron chi connectivity index (χ2n) is 5.52. The van der Waals surface area contributed by atoms with Crippen LogP contribution in [0.25, 0.3) is 0 Å². The predicted octanol–water partition coefficient (Wildman–Crippen LogP) is 3.42. The minimum Gasteiger partial charge on any atom is -0.313 e. The monoisotopic (exact) mass is 240 g/mol. The van der Waals surface area contributed by atoms with Crippen LogP contribution in [0.1, 0.15) is 66.2 Å². The van der Waals surface area contributed by atoms with Gasteiger partial charge in [-0.25, -0.2) is 0 Å². The van der Waals surface area contributed by atoms with Crippen LogP contribution in [0.2, 0.25) is 0 Å². The minimum atomic E-state index is 0.456. The first-order valence-electron chi connectivity index (χ1n) is 7.70. The van der Waals surface area contributed by atoms with Crippen LogP contribution in [0.3, 0.4) is 0 Å². The third-order valence-corrected chi connectivity index (χ3v) is 4.76. The molecule has 0 aromatic rings. The topological polar surface area (TPSA) is 15.3 Å². The number of nitrogens with one attached hydrogen (secondary N) is 1. The van der Waals surface area contributed by atoms with Gasteiger partial charge < -0.3 is 5.32 Å². The number of nitrogens with zero attached hydrogens (tertiary/aromatic N) is 1. The van der Waals surface area contributed by atoms with E-state index in [9.17, 15) is 0 Å². The largest absolute Gasteiger partial charge is 0.313 e. The maximum Gasteiger partial charge on any atom is 0.0202 e. The fourth-order valence-corrected chi connectivity index (χ4v) is 3.39. The Kier molecular flexibility index (Phi) is 6.50. The molecule has 0 aliphatic carbocycles. The molecule has 1 saturated heterocycles. The van der Waals surface area contributed by atoms with Crippen LogP contribution in [0.15, 0.2) is 0 Å². The summed E-state index contributed by atoms with van der Waals surface area (Å²) >= 11 is 0. The zero-order valence-corrected chi connectivity index (χ0v) is 12.4. The zero-order chi connectivity index (χ0) is 12.7. The molecule has 102 valence electrons. The van der Waals surface area contributed by atoms with Gasteiger partial charge in [-0.15, -0.1) is 0 Å². The molecule has 0 spiro atoms. The molecular formula is C15H32N2. The number of hydrogen-bond acceptors (Lipinski definition) is 2. The third-order valence-electron chi connectivity index (χ3n) is 4.76. The Morgan fingerprint density at radius 3 is 2.29 bits per heavy atom. The van der Waals surface area contributed by atoms with E-state index in [1.807, 2.05) is 0 Å². The van der Waals surface area contributed by atoms with E-state index in [-0.39, 0.29) is 0 Å². The molecule has 2 nitrogen and oxygen atoms in total. The maximum absolute atomic E-state index is 3.72. The first-order valence-corrected chi connectivity index (χ1v) is 7.70. The molecule has 1 aliphatic heterocycles. The van der Waals surface area contributed by atoms with Gasteiger partial charge in [-0.3, -0.25) is 4.90 Å². The van der Waals surface area contributed by atoms with Crippen molar-refractivity contribution in [3.8, 4) is 0 Å². The lowest BCUT2D eigenvalue weighted by Gasteiger charge is -2.43. The first kappa shape index (κ1) is 15.0. The van der Waals surface area contributed by atoms with Gasteiger partial charge in [-0.1, -0.05) is 34.1 Å². The molecule has 1 aliphatic rings. The average molecular weight is 240 g/mol. The van der Waals surface area contributed by atoms with Crippen molar-refractivity contribution in [1.82, 2.24) is 10.2 Å². The molecule has 0 radical (unpaired) electrons. The van der Waals surface area contributed by atoms with Crippen LogP contribution in [0.5, 0.6) is 0 Å². The van der Waals surface area contributed by atoms with Crippen molar-refractivity contribution in [2.24, 2.45) is 0 Å². The Morgan fingerprint density at radius 1 is 1.12 bits per heavy atom. The van der Waals surface area contributed by atoms with Crippen LogP contribution in [-0.2, 0) is 0 Å². The minimum absolute atomic E-state index is 0.456. The van der Waals surface area contributed by atoms with Crippen LogP contribution in [-0.4, -0.2) is 36.1 Å². The van der Waals surface area contributed by atoms with E-state index in [1.54, 1.807) is 0 Å². The fourth-order valence-electron chi connectivity index (χ4n) is 3.39. The summed E-state index contributed by atoms with van der Waals surface area (Å²) < 4.78 is 0. The molecule has 1 heterocycles. The molecule has 0 aromatic carbocycles. The second-order valence-corrected chi connectivity index (χ2v) is 5.52. The van der Waals surface area contributed by atoms with Gasteiger partial charge in [0.2, 0.25) is 0 Å². The van der Waals surface area contributed by atoms with Gasteiger partial charge >= 0.3 is 0 Å². The lowest BCUT2D eigenvalue weighted by Crippen LogP contribution is -2.51. The summed E-state index contributed by atoms with van der Waals surface area (Å²) in [6.45, 7) is 13.1. The Bertz CT molecular complexity index is 191. The van der Waals surface area contributed by atoms with Crippen molar-refractivity contribution in [3.05, 3.63) is 0 Å². The van der Waals surface area contributed by atoms with Gasteiger partial charge in [-0.05, 0) is 45.2 Å². The van der Waals surface area contributed by atoms with Gasteiger partial charge in [0, 0.05) is 18.1 Å². The second kappa shape index (κ2) is 7.38. The number of rotatable bonds is 6. The van der Waals surface area contributed by atoms with Crippen LogP contribution >= 0.6 is 0 Å². The quantitative estimate of drug-likeness (QED) is 0.765. The summed E-state index contributed by atoms with van der Waals surface area (Å²) in [4.78, 5) is 2.79. The predicted molar refractivity (Wildman–Crippen MR) is 76.5 cm³/mol. The van der Waals surface area contributed by atoms with Crippen molar-refractivity contribution in [2.75, 3.05) is 19.6 Å². The van der Waals surface area contributed by atoms with E-state index in [0.29, 0.717) is 11.6 Å². The van der Waals surface area contributed by atoms with E-state index in [1.165, 1.54) is 58.2 Å². The van der Waals surface area contributed by atoms with Crippen LogP contribution in [0, 0.1) is 0 Å². The van der Waals surface area contributed by atoms with Crippen molar-refractivity contribution in [3.63, 3.8) is 0 Å². The fraction of sp³-hybridized carbons (Fsp3) is 1.00. The molecule has 0 saturated carbocycles. The van der Waals surface area contributed by atoms with Crippen molar-refractivity contribution < 1.29 is 0 Å². The molecule has 1 N–H and O–H groups in total. The Morgan fingerprint density at radius 2 is 1.76 bits per heavy atom. The summed E-state index contributed by atoms with van der Waals surface area (Å²) in [7, 11) is 0. The van der Waals surface area contributed by atoms with Crippen LogP contribution < -0.4 is 5.32 Å². The Labute approximate surface area is 108 Å². The average Bonchev–Trinajstić information content (AvgIpc) is 2.59. The Hall–Kier alpha value is -0.0800. The van der Waals surface area contributed by atoms with E-state index in [0.717, 1.165) is 0 Å². The smallest absolute Gasteiger partial charge is 0.0202 e. The van der Waals surface area contributed by atoms with Gasteiger partial charge in [0.25, 0.3) is 0 Å². The summed E-state index contributed by atoms with van der Waals surface area (Å²) in [5.41, 5.74) is 0.456. The molecule has 2 heteroatoms. The lowest BCUT2D eigenvalue weighted by molar-refractivity contribution is 0.0708. The molecule has 1 fully saturated rings. The highest BCUT2D eigenvalue weighted by Gasteiger charge is 2.33. The molecule has 17 heavy (non-hydrogen) atoms. The molecule has 1 rings (SSSR count). The lowest BCUT2D eigenvalue weighted by atomic mass is 9.87. The number of hydrogen-bond donors (Lipinski definition) is 1. The van der Waals surface area contributed by atoms with Crippen molar-refractivity contribution in [1.29, 1.82) is 0 Å². The zero-order valence-electron chi connectivity index (χ0n) is 12.4. The third kappa shape index (κ3) is 3.69. The molecule has 0 bridgehead atoms. The molecular weight excluding hydrogens is 208 g/mol.